The highest BCUT2D eigenvalue weighted by Crippen LogP contribution is 2.23. The molecule has 3 aromatic rings. The Kier molecular flexibility index (Phi) is 6.87. The summed E-state index contributed by atoms with van der Waals surface area (Å²) < 4.78 is 5.81. The van der Waals surface area contributed by atoms with Gasteiger partial charge >= 0.3 is 0 Å². The van der Waals surface area contributed by atoms with Crippen LogP contribution in [0.1, 0.15) is 18.1 Å². The van der Waals surface area contributed by atoms with Crippen LogP contribution in [0.5, 0.6) is 5.75 Å². The van der Waals surface area contributed by atoms with Gasteiger partial charge in [0, 0.05) is 12.1 Å². The van der Waals surface area contributed by atoms with E-state index in [-0.39, 0.29) is 0 Å². The molecule has 5 nitrogen and oxygen atoms in total. The molecule has 156 valence electrons. The molecule has 0 saturated heterocycles. The number of aryl methyl sites for hydroxylation is 1. The predicted octanol–water partition coefficient (Wildman–Crippen LogP) is 3.93. The van der Waals surface area contributed by atoms with Gasteiger partial charge in [-0.15, -0.1) is 0 Å². The van der Waals surface area contributed by atoms with Crippen molar-refractivity contribution in [1.82, 2.24) is 0 Å². The van der Waals surface area contributed by atoms with Crippen molar-refractivity contribution in [1.29, 1.82) is 0 Å². The normalized spacial score (nSPS) is 12.8. The minimum Gasteiger partial charge on any atom is -0.493 e. The molecular weight excluding hydrogens is 376 g/mol. The summed E-state index contributed by atoms with van der Waals surface area (Å²) >= 11 is 0. The second-order valence-electron chi connectivity index (χ2n) is 7.66. The fourth-order valence-electron chi connectivity index (χ4n) is 3.01. The summed E-state index contributed by atoms with van der Waals surface area (Å²) in [4.78, 5) is 12.0. The van der Waals surface area contributed by atoms with Gasteiger partial charge in [-0.3, -0.25) is 4.79 Å². The third-order valence-electron chi connectivity index (χ3n) is 5.03. The molecule has 1 unspecified atom stereocenters. The van der Waals surface area contributed by atoms with Crippen LogP contribution < -0.4 is 15.8 Å². The van der Waals surface area contributed by atoms with E-state index in [0.717, 1.165) is 12.2 Å². The van der Waals surface area contributed by atoms with Crippen molar-refractivity contribution in [2.75, 3.05) is 18.5 Å². The first-order valence-electron chi connectivity index (χ1n) is 9.98. The monoisotopic (exact) mass is 404 g/mol. The van der Waals surface area contributed by atoms with E-state index >= 15 is 0 Å². The van der Waals surface area contributed by atoms with Crippen molar-refractivity contribution in [2.45, 2.75) is 25.8 Å². The Morgan fingerprint density at radius 2 is 1.70 bits per heavy atom. The first-order valence-corrected chi connectivity index (χ1v) is 9.98. The molecule has 1 amide bonds. The molecular formula is C25H28N2O3. The van der Waals surface area contributed by atoms with E-state index in [0.29, 0.717) is 12.3 Å². The van der Waals surface area contributed by atoms with E-state index in [9.17, 15) is 4.79 Å². The molecule has 0 aliphatic rings. The minimum absolute atomic E-state index is 0.425. The fourth-order valence-corrected chi connectivity index (χ4v) is 3.01. The van der Waals surface area contributed by atoms with Gasteiger partial charge in [-0.25, -0.2) is 0 Å². The minimum atomic E-state index is -1.32. The average molecular weight is 405 g/mol. The number of rotatable bonds is 8. The molecule has 0 fully saturated rings. The molecule has 30 heavy (non-hydrogen) atoms. The van der Waals surface area contributed by atoms with Gasteiger partial charge in [0.2, 0.25) is 5.91 Å². The summed E-state index contributed by atoms with van der Waals surface area (Å²) in [5, 5.41) is 11.8. The largest absolute Gasteiger partial charge is 0.493 e. The smallest absolute Gasteiger partial charge is 0.246 e. The Bertz CT molecular complexity index is 980. The summed E-state index contributed by atoms with van der Waals surface area (Å²) in [5.41, 5.74) is 9.95. The highest BCUT2D eigenvalue weighted by molar-refractivity contribution is 5.97. The molecule has 0 bridgehead atoms. The van der Waals surface area contributed by atoms with Crippen LogP contribution in [0.2, 0.25) is 0 Å². The lowest BCUT2D eigenvalue weighted by Gasteiger charge is -2.20. The van der Waals surface area contributed by atoms with E-state index in [1.165, 1.54) is 29.2 Å². The molecule has 0 saturated carbocycles. The second kappa shape index (κ2) is 9.57. The van der Waals surface area contributed by atoms with Crippen LogP contribution in [0.25, 0.3) is 11.1 Å². The lowest BCUT2D eigenvalue weighted by Crippen LogP contribution is -2.51. The number of carbonyl (C=O) groups excluding carboxylic acids is 1. The number of aliphatic hydroxyl groups is 1. The van der Waals surface area contributed by atoms with Crippen LogP contribution in [0.4, 0.5) is 5.69 Å². The standard InChI is InChI=1S/C25H28N2O3/c1-18-5-3-4-6-23(18)20-9-7-19(8-10-20)15-16-30-22-13-11-21(12-14-22)27-24(29)25(2,26)17-28/h3-14,28H,15-17,26H2,1-2H3,(H,27,29). The quantitative estimate of drug-likeness (QED) is 0.531. The van der Waals surface area contributed by atoms with Gasteiger partial charge in [-0.2, -0.15) is 0 Å². The zero-order valence-corrected chi connectivity index (χ0v) is 17.4. The number of benzene rings is 3. The molecule has 5 heteroatoms. The number of amides is 1. The van der Waals surface area contributed by atoms with Gasteiger partial charge in [0.15, 0.2) is 0 Å². The van der Waals surface area contributed by atoms with Crippen LogP contribution in [0, 0.1) is 6.92 Å². The first kappa shape index (κ1) is 21.6. The van der Waals surface area contributed by atoms with Crippen molar-refractivity contribution in [2.24, 2.45) is 5.73 Å². The van der Waals surface area contributed by atoms with Gasteiger partial charge < -0.3 is 20.9 Å². The maximum atomic E-state index is 12.0. The number of hydrogen-bond acceptors (Lipinski definition) is 4. The fraction of sp³-hybridized carbons (Fsp3) is 0.240. The zero-order valence-electron chi connectivity index (χ0n) is 17.4. The van der Waals surface area contributed by atoms with Gasteiger partial charge in [-0.1, -0.05) is 48.5 Å². The highest BCUT2D eigenvalue weighted by atomic mass is 16.5. The van der Waals surface area contributed by atoms with Crippen LogP contribution >= 0.6 is 0 Å². The maximum Gasteiger partial charge on any atom is 0.246 e. The van der Waals surface area contributed by atoms with E-state index in [1.54, 1.807) is 24.3 Å². The Morgan fingerprint density at radius 3 is 2.33 bits per heavy atom. The van der Waals surface area contributed by atoms with Crippen LogP contribution in [-0.4, -0.2) is 29.8 Å². The molecule has 0 heterocycles. The molecule has 0 spiro atoms. The molecule has 0 aliphatic heterocycles. The number of carbonyl (C=O) groups is 1. The first-order chi connectivity index (χ1) is 14.4. The maximum absolute atomic E-state index is 12.0. The SMILES string of the molecule is Cc1ccccc1-c1ccc(CCOc2ccc(NC(=O)C(C)(N)CO)cc2)cc1. The molecule has 3 aromatic carbocycles. The number of nitrogens with one attached hydrogen (secondary N) is 1. The second-order valence-corrected chi connectivity index (χ2v) is 7.66. The van der Waals surface area contributed by atoms with Gasteiger partial charge in [0.05, 0.1) is 13.2 Å². The predicted molar refractivity (Wildman–Crippen MR) is 121 cm³/mol. The van der Waals surface area contributed by atoms with Gasteiger partial charge in [-0.05, 0) is 60.4 Å². The third kappa shape index (κ3) is 5.47. The lowest BCUT2D eigenvalue weighted by atomic mass is 9.99. The number of anilines is 1. The van der Waals surface area contributed by atoms with Crippen molar-refractivity contribution in [3.8, 4) is 16.9 Å². The molecule has 0 aliphatic carbocycles. The molecule has 3 rings (SSSR count). The Labute approximate surface area is 177 Å². The van der Waals surface area contributed by atoms with Crippen molar-refractivity contribution in [3.63, 3.8) is 0 Å². The summed E-state index contributed by atoms with van der Waals surface area (Å²) in [6, 6.07) is 24.0. The highest BCUT2D eigenvalue weighted by Gasteiger charge is 2.27. The summed E-state index contributed by atoms with van der Waals surface area (Å²) in [6.45, 7) is 3.73. The Morgan fingerprint density at radius 1 is 1.03 bits per heavy atom. The summed E-state index contributed by atoms with van der Waals surface area (Å²) in [6.07, 6.45) is 0.800. The molecule has 0 aromatic heterocycles. The number of ether oxygens (including phenoxy) is 1. The summed E-state index contributed by atoms with van der Waals surface area (Å²) in [5.74, 6) is 0.287. The van der Waals surface area contributed by atoms with Crippen LogP contribution in [-0.2, 0) is 11.2 Å². The number of nitrogens with two attached hydrogens (primary N) is 1. The molecule has 0 radical (unpaired) electrons. The molecule has 1 atom stereocenters. The average Bonchev–Trinajstić information content (AvgIpc) is 2.76. The number of aliphatic hydroxyl groups excluding tert-OH is 1. The number of hydrogen-bond donors (Lipinski definition) is 3. The van der Waals surface area contributed by atoms with Crippen molar-refractivity contribution in [3.05, 3.63) is 83.9 Å². The van der Waals surface area contributed by atoms with Gasteiger partial charge in [0.1, 0.15) is 11.3 Å². The van der Waals surface area contributed by atoms with Gasteiger partial charge in [0.25, 0.3) is 0 Å². The van der Waals surface area contributed by atoms with Crippen molar-refractivity contribution >= 4 is 11.6 Å². The zero-order chi connectivity index (χ0) is 21.6. The van der Waals surface area contributed by atoms with E-state index in [4.69, 9.17) is 15.6 Å². The summed E-state index contributed by atoms with van der Waals surface area (Å²) in [7, 11) is 0. The van der Waals surface area contributed by atoms with Crippen LogP contribution in [0.3, 0.4) is 0 Å². The topological polar surface area (TPSA) is 84.6 Å². The van der Waals surface area contributed by atoms with E-state index < -0.39 is 18.1 Å². The van der Waals surface area contributed by atoms with Crippen LogP contribution in [0.15, 0.2) is 72.8 Å². The Balaban J connectivity index is 1.51. The van der Waals surface area contributed by atoms with E-state index in [2.05, 4.69) is 60.8 Å². The van der Waals surface area contributed by atoms with Crippen molar-refractivity contribution < 1.29 is 14.6 Å². The Hall–Kier alpha value is -3.15. The van der Waals surface area contributed by atoms with E-state index in [1.807, 2.05) is 0 Å². The molecule has 4 N–H and O–H groups in total. The third-order valence-corrected chi connectivity index (χ3v) is 5.03. The lowest BCUT2D eigenvalue weighted by molar-refractivity contribution is -0.121.